The van der Waals surface area contributed by atoms with Gasteiger partial charge in [-0.15, -0.1) is 0 Å². The number of nitriles is 1. The molecule has 5 heteroatoms. The van der Waals surface area contributed by atoms with Gasteiger partial charge in [-0.2, -0.15) is 5.26 Å². The summed E-state index contributed by atoms with van der Waals surface area (Å²) in [5.41, 5.74) is 5.46. The number of hydrogen-bond acceptors (Lipinski definition) is 3. The molecule has 1 saturated heterocycles. The average molecular weight is 238 g/mol. The monoisotopic (exact) mass is 238 g/mol. The number of nitrogens with one attached hydrogen (secondary N) is 1. The molecule has 0 aromatic rings. The first-order valence-electron chi connectivity index (χ1n) is 5.91. The first-order valence-corrected chi connectivity index (χ1v) is 5.91. The standard InChI is InChI=1S/C12H22N4O/c1-11(2)7-9(14)8-12(3,4)16(11)10(17)15-6-5-13/h9H,6-8,14H2,1-4H3,(H,15,17). The number of rotatable bonds is 1. The third kappa shape index (κ3) is 2.89. The molecule has 1 aliphatic heterocycles. The molecule has 0 atom stereocenters. The maximum atomic E-state index is 12.1. The van der Waals surface area contributed by atoms with Crippen LogP contribution in [-0.2, 0) is 0 Å². The van der Waals surface area contributed by atoms with Crippen LogP contribution in [0.5, 0.6) is 0 Å². The van der Waals surface area contributed by atoms with Gasteiger partial charge in [0.15, 0.2) is 0 Å². The van der Waals surface area contributed by atoms with E-state index in [4.69, 9.17) is 11.0 Å². The molecule has 0 aromatic heterocycles. The summed E-state index contributed by atoms with van der Waals surface area (Å²) in [5.74, 6) is 0. The van der Waals surface area contributed by atoms with Crippen molar-refractivity contribution in [3.63, 3.8) is 0 Å². The highest BCUT2D eigenvalue weighted by Crippen LogP contribution is 2.37. The van der Waals surface area contributed by atoms with E-state index in [1.165, 1.54) is 0 Å². The summed E-state index contributed by atoms with van der Waals surface area (Å²) in [6.07, 6.45) is 1.55. The Balaban J connectivity index is 2.93. The van der Waals surface area contributed by atoms with Crippen molar-refractivity contribution in [2.24, 2.45) is 5.73 Å². The first-order chi connectivity index (χ1) is 7.70. The maximum Gasteiger partial charge on any atom is 0.319 e. The highest BCUT2D eigenvalue weighted by atomic mass is 16.2. The van der Waals surface area contributed by atoms with Crippen molar-refractivity contribution in [1.82, 2.24) is 10.2 Å². The lowest BCUT2D eigenvalue weighted by Gasteiger charge is -2.54. The largest absolute Gasteiger partial charge is 0.328 e. The molecule has 3 N–H and O–H groups in total. The summed E-state index contributed by atoms with van der Waals surface area (Å²) in [6, 6.07) is 1.84. The van der Waals surface area contributed by atoms with Crippen molar-refractivity contribution in [1.29, 1.82) is 5.26 Å². The van der Waals surface area contributed by atoms with Crippen LogP contribution in [0.2, 0.25) is 0 Å². The van der Waals surface area contributed by atoms with Crippen LogP contribution in [0.3, 0.4) is 0 Å². The number of nitrogens with zero attached hydrogens (tertiary/aromatic N) is 2. The van der Waals surface area contributed by atoms with Crippen LogP contribution < -0.4 is 11.1 Å². The molecule has 1 aliphatic rings. The molecule has 1 fully saturated rings. The second-order valence-corrected chi connectivity index (χ2v) is 5.95. The molecule has 1 heterocycles. The van der Waals surface area contributed by atoms with Gasteiger partial charge in [-0.05, 0) is 40.5 Å². The van der Waals surface area contributed by atoms with E-state index in [1.807, 2.05) is 38.7 Å². The van der Waals surface area contributed by atoms with Gasteiger partial charge in [-0.1, -0.05) is 0 Å². The lowest BCUT2D eigenvalue weighted by atomic mass is 9.77. The zero-order valence-corrected chi connectivity index (χ0v) is 11.1. The van der Waals surface area contributed by atoms with Crippen molar-refractivity contribution in [2.45, 2.75) is 57.7 Å². The Morgan fingerprint density at radius 2 is 1.88 bits per heavy atom. The van der Waals surface area contributed by atoms with E-state index in [-0.39, 0.29) is 29.7 Å². The molecular formula is C12H22N4O. The Hall–Kier alpha value is -1.28. The van der Waals surface area contributed by atoms with Gasteiger partial charge in [-0.25, -0.2) is 4.79 Å². The third-order valence-electron chi connectivity index (χ3n) is 3.26. The summed E-state index contributed by atoms with van der Waals surface area (Å²) >= 11 is 0. The SMILES string of the molecule is CC1(C)CC(N)CC(C)(C)N1C(=O)NCC#N. The topological polar surface area (TPSA) is 82.2 Å². The van der Waals surface area contributed by atoms with Gasteiger partial charge in [0, 0.05) is 17.1 Å². The Morgan fingerprint density at radius 3 is 2.29 bits per heavy atom. The number of amides is 2. The van der Waals surface area contributed by atoms with Gasteiger partial charge in [0.2, 0.25) is 0 Å². The molecule has 0 aromatic carbocycles. The van der Waals surface area contributed by atoms with Crippen molar-refractivity contribution in [2.75, 3.05) is 6.54 Å². The van der Waals surface area contributed by atoms with Crippen molar-refractivity contribution in [3.05, 3.63) is 0 Å². The summed E-state index contributed by atoms with van der Waals surface area (Å²) in [7, 11) is 0. The molecule has 96 valence electrons. The van der Waals surface area contributed by atoms with Gasteiger partial charge < -0.3 is 16.0 Å². The van der Waals surface area contributed by atoms with Crippen LogP contribution in [0.25, 0.3) is 0 Å². The van der Waals surface area contributed by atoms with E-state index >= 15 is 0 Å². The molecule has 0 radical (unpaired) electrons. The number of hydrogen-bond donors (Lipinski definition) is 2. The Bertz CT molecular complexity index is 325. The van der Waals surface area contributed by atoms with Crippen LogP contribution in [0.15, 0.2) is 0 Å². The second kappa shape index (κ2) is 4.53. The van der Waals surface area contributed by atoms with Gasteiger partial charge in [0.1, 0.15) is 6.54 Å². The van der Waals surface area contributed by atoms with Crippen LogP contribution in [0.4, 0.5) is 4.79 Å². The maximum absolute atomic E-state index is 12.1. The zero-order chi connectivity index (χ0) is 13.3. The molecule has 0 saturated carbocycles. The van der Waals surface area contributed by atoms with Crippen LogP contribution in [0.1, 0.15) is 40.5 Å². The van der Waals surface area contributed by atoms with Gasteiger partial charge in [0.05, 0.1) is 6.07 Å². The van der Waals surface area contributed by atoms with Crippen LogP contribution >= 0.6 is 0 Å². The number of piperidine rings is 1. The number of nitrogens with two attached hydrogens (primary N) is 1. The third-order valence-corrected chi connectivity index (χ3v) is 3.26. The van der Waals surface area contributed by atoms with Gasteiger partial charge in [-0.3, -0.25) is 0 Å². The molecule has 1 rings (SSSR count). The van der Waals surface area contributed by atoms with Gasteiger partial charge >= 0.3 is 6.03 Å². The summed E-state index contributed by atoms with van der Waals surface area (Å²) < 4.78 is 0. The smallest absolute Gasteiger partial charge is 0.319 e. The van der Waals surface area contributed by atoms with E-state index in [1.54, 1.807) is 0 Å². The van der Waals surface area contributed by atoms with E-state index in [9.17, 15) is 4.79 Å². The molecule has 0 aliphatic carbocycles. The molecule has 0 unspecified atom stereocenters. The number of carbonyl (C=O) groups is 1. The fourth-order valence-corrected chi connectivity index (χ4v) is 3.10. The Morgan fingerprint density at radius 1 is 1.41 bits per heavy atom. The van der Waals surface area contributed by atoms with E-state index in [2.05, 4.69) is 5.32 Å². The number of likely N-dealkylation sites (tertiary alicyclic amines) is 1. The summed E-state index contributed by atoms with van der Waals surface area (Å²) in [6.45, 7) is 8.09. The summed E-state index contributed by atoms with van der Waals surface area (Å²) in [4.78, 5) is 13.9. The average Bonchev–Trinajstić information content (AvgIpc) is 2.09. The lowest BCUT2D eigenvalue weighted by Crippen LogP contribution is -2.67. The van der Waals surface area contributed by atoms with E-state index in [0.29, 0.717) is 0 Å². The van der Waals surface area contributed by atoms with E-state index < -0.39 is 0 Å². The molecule has 2 amide bonds. The van der Waals surface area contributed by atoms with Crippen molar-refractivity contribution < 1.29 is 4.79 Å². The minimum atomic E-state index is -0.291. The fourth-order valence-electron chi connectivity index (χ4n) is 3.10. The van der Waals surface area contributed by atoms with Crippen LogP contribution in [0, 0.1) is 11.3 Å². The van der Waals surface area contributed by atoms with Crippen LogP contribution in [-0.4, -0.2) is 34.6 Å². The molecule has 0 spiro atoms. The minimum Gasteiger partial charge on any atom is -0.328 e. The predicted octanol–water partition coefficient (Wildman–Crippen LogP) is 1.20. The van der Waals surface area contributed by atoms with Gasteiger partial charge in [0.25, 0.3) is 0 Å². The Kier molecular flexibility index (Phi) is 3.68. The van der Waals surface area contributed by atoms with E-state index in [0.717, 1.165) is 12.8 Å². The highest BCUT2D eigenvalue weighted by Gasteiger charge is 2.46. The number of carbonyl (C=O) groups excluding carboxylic acids is 1. The van der Waals surface area contributed by atoms with Crippen molar-refractivity contribution in [3.8, 4) is 6.07 Å². The predicted molar refractivity (Wildman–Crippen MR) is 66.2 cm³/mol. The molecule has 17 heavy (non-hydrogen) atoms. The minimum absolute atomic E-state index is 0.0353. The number of urea groups is 1. The lowest BCUT2D eigenvalue weighted by molar-refractivity contribution is 0.00354. The molecular weight excluding hydrogens is 216 g/mol. The Labute approximate surface area is 103 Å². The van der Waals surface area contributed by atoms with Crippen molar-refractivity contribution >= 4 is 6.03 Å². The highest BCUT2D eigenvalue weighted by molar-refractivity contribution is 5.76. The summed E-state index contributed by atoms with van der Waals surface area (Å²) in [5, 5.41) is 11.1. The fraction of sp³-hybridized carbons (Fsp3) is 0.833. The second-order valence-electron chi connectivity index (χ2n) is 5.95. The quantitative estimate of drug-likeness (QED) is 0.673. The normalized spacial score (nSPS) is 22.9. The molecule has 0 bridgehead atoms. The molecule has 5 nitrogen and oxygen atoms in total. The first kappa shape index (κ1) is 13.8. The zero-order valence-electron chi connectivity index (χ0n) is 11.1.